The van der Waals surface area contributed by atoms with Gasteiger partial charge in [-0.2, -0.15) is 0 Å². The van der Waals surface area contributed by atoms with Crippen LogP contribution in [0.25, 0.3) is 0 Å². The maximum Gasteiger partial charge on any atom is 0.179 e. The van der Waals surface area contributed by atoms with Crippen LogP contribution in [0.15, 0.2) is 24.2 Å². The number of hydrogen-bond acceptors (Lipinski definition) is 2. The summed E-state index contributed by atoms with van der Waals surface area (Å²) in [6.07, 6.45) is 0. The molecule has 2 nitrogen and oxygen atoms in total. The molecule has 3 heteroatoms. The van der Waals surface area contributed by atoms with Gasteiger partial charge in [0.05, 0.1) is 11.5 Å². The third-order valence-electron chi connectivity index (χ3n) is 1.68. The van der Waals surface area contributed by atoms with Crippen molar-refractivity contribution in [1.29, 1.82) is 0 Å². The van der Waals surface area contributed by atoms with Gasteiger partial charge in [-0.15, -0.1) is 0 Å². The molecule has 0 saturated carbocycles. The van der Waals surface area contributed by atoms with Crippen LogP contribution in [0.5, 0.6) is 0 Å². The van der Waals surface area contributed by atoms with Gasteiger partial charge in [-0.25, -0.2) is 0 Å². The van der Waals surface area contributed by atoms with Crippen LogP contribution in [-0.4, -0.2) is 17.4 Å². The molecule has 0 aliphatic rings. The van der Waals surface area contributed by atoms with Gasteiger partial charge >= 0.3 is 0 Å². The van der Waals surface area contributed by atoms with Crippen LogP contribution in [-0.2, 0) is 0 Å². The molecule has 0 fully saturated rings. The minimum atomic E-state index is -2.71. The lowest BCUT2D eigenvalue weighted by Gasteiger charge is -2.25. The molecule has 1 rings (SSSR count). The Hall–Kier alpha value is -0.860. The second-order valence-electron chi connectivity index (χ2n) is 4.38. The molecule has 0 aliphatic heterocycles. The van der Waals surface area contributed by atoms with Crippen LogP contribution in [0, 0.1) is 0 Å². The van der Waals surface area contributed by atoms with E-state index in [1.54, 1.807) is 20.8 Å². The number of Topliss-reactive ketones (excluding diaryl/α,β-unsaturated/α-hetero) is 1. The van der Waals surface area contributed by atoms with Crippen molar-refractivity contribution in [2.45, 2.75) is 39.2 Å². The molecule has 1 aromatic rings. The molecule has 0 aliphatic carbocycles. The van der Waals surface area contributed by atoms with Crippen molar-refractivity contribution in [3.8, 4) is 0 Å². The highest BCUT2D eigenvalue weighted by Gasteiger charge is 2.20. The first-order valence-electron chi connectivity index (χ1n) is 8.26. The topological polar surface area (TPSA) is 29.1 Å². The molecular weight excluding hydrogens is 222 g/mol. The van der Waals surface area contributed by atoms with E-state index in [2.05, 4.69) is 5.32 Å². The normalized spacial score (nSPS) is 20.6. The molecule has 1 aromatic carbocycles. The third kappa shape index (κ3) is 3.95. The van der Waals surface area contributed by atoms with Gasteiger partial charge in [-0.3, -0.25) is 4.79 Å². The van der Waals surface area contributed by atoms with Gasteiger partial charge in [-0.1, -0.05) is 23.7 Å². The van der Waals surface area contributed by atoms with E-state index in [0.717, 1.165) is 0 Å². The van der Waals surface area contributed by atoms with Crippen LogP contribution in [0.2, 0.25) is 5.02 Å². The third-order valence-corrected chi connectivity index (χ3v) is 1.87. The second kappa shape index (κ2) is 4.98. The molecule has 0 radical (unpaired) electrons. The van der Waals surface area contributed by atoms with E-state index >= 15 is 0 Å². The van der Waals surface area contributed by atoms with Gasteiger partial charge in [0.2, 0.25) is 0 Å². The number of nitrogens with one attached hydrogen (secondary N) is 1. The zero-order valence-corrected chi connectivity index (χ0v) is 10.1. The Labute approximate surface area is 112 Å². The molecule has 1 N–H and O–H groups in total. The molecule has 0 amide bonds. The summed E-state index contributed by atoms with van der Waals surface area (Å²) in [5, 5.41) is 2.22. The molecule has 0 heterocycles. The number of carbonyl (C=O) groups is 1. The number of halogens is 1. The fraction of sp³-hybridized carbons (Fsp3) is 0.462. The maximum atomic E-state index is 12.7. The number of hydrogen-bond donors (Lipinski definition) is 1. The predicted molar refractivity (Wildman–Crippen MR) is 68.1 cm³/mol. The second-order valence-corrected chi connectivity index (χ2v) is 4.76. The van der Waals surface area contributed by atoms with Crippen LogP contribution < -0.4 is 5.32 Å². The average Bonchev–Trinajstić information content (AvgIpc) is 2.38. The highest BCUT2D eigenvalue weighted by atomic mass is 35.5. The fourth-order valence-electron chi connectivity index (χ4n) is 1.09. The van der Waals surface area contributed by atoms with Crippen molar-refractivity contribution >= 4 is 17.4 Å². The van der Waals surface area contributed by atoms with Crippen LogP contribution in [0.3, 0.4) is 0 Å². The number of ketones is 1. The standard InChI is InChI=1S/C13H18ClNO/c1-9(15-13(2,3)4)12(16)10-6-5-7-11(14)8-10/h5-9,15H,1-4H3/i1D3,5D,6D,7D,8D. The summed E-state index contributed by atoms with van der Waals surface area (Å²) in [6, 6.07) is -4.07. The number of benzene rings is 1. The Kier molecular flexibility index (Phi) is 1.92. The number of carbonyl (C=O) groups excluding carboxylic acids is 1. The van der Waals surface area contributed by atoms with Crippen molar-refractivity contribution in [2.75, 3.05) is 0 Å². The quantitative estimate of drug-likeness (QED) is 0.830. The van der Waals surface area contributed by atoms with Crippen molar-refractivity contribution in [3.05, 3.63) is 34.8 Å². The lowest BCUT2D eigenvalue weighted by molar-refractivity contribution is 0.0936. The highest BCUT2D eigenvalue weighted by molar-refractivity contribution is 6.31. The Morgan fingerprint density at radius 3 is 2.81 bits per heavy atom. The first-order valence-corrected chi connectivity index (χ1v) is 5.14. The lowest BCUT2D eigenvalue weighted by atomic mass is 10.0. The molecule has 16 heavy (non-hydrogen) atoms. The predicted octanol–water partition coefficient (Wildman–Crippen LogP) is 3.30. The van der Waals surface area contributed by atoms with Gasteiger partial charge in [-0.05, 0) is 39.7 Å². The van der Waals surface area contributed by atoms with Crippen molar-refractivity contribution in [3.63, 3.8) is 0 Å². The maximum absolute atomic E-state index is 12.7. The van der Waals surface area contributed by atoms with Crippen molar-refractivity contribution < 1.29 is 14.4 Å². The summed E-state index contributed by atoms with van der Waals surface area (Å²) >= 11 is 5.76. The van der Waals surface area contributed by atoms with Gasteiger partial charge in [0, 0.05) is 20.2 Å². The summed E-state index contributed by atoms with van der Waals surface area (Å²) in [4.78, 5) is 12.7. The minimum Gasteiger partial charge on any atom is -0.303 e. The Bertz CT molecular complexity index is 608. The van der Waals surface area contributed by atoms with E-state index in [4.69, 9.17) is 21.2 Å². The van der Waals surface area contributed by atoms with Gasteiger partial charge < -0.3 is 5.32 Å². The smallest absolute Gasteiger partial charge is 0.179 e. The molecule has 1 atom stereocenters. The zero-order chi connectivity index (χ0) is 18.3. The van der Waals surface area contributed by atoms with Crippen molar-refractivity contribution in [1.82, 2.24) is 5.32 Å². The summed E-state index contributed by atoms with van der Waals surface area (Å²) in [6.45, 7) is 2.33. The van der Waals surface area contributed by atoms with Crippen LogP contribution in [0.4, 0.5) is 0 Å². The average molecular weight is 247 g/mol. The van der Waals surface area contributed by atoms with E-state index in [-0.39, 0.29) is 0 Å². The Morgan fingerprint density at radius 1 is 1.56 bits per heavy atom. The molecule has 1 unspecified atom stereocenters. The molecule has 0 aromatic heterocycles. The Balaban J connectivity index is 3.53. The van der Waals surface area contributed by atoms with Crippen molar-refractivity contribution in [2.24, 2.45) is 0 Å². The van der Waals surface area contributed by atoms with Gasteiger partial charge in [0.1, 0.15) is 0 Å². The first kappa shape index (κ1) is 6.18. The lowest BCUT2D eigenvalue weighted by Crippen LogP contribution is -2.46. The summed E-state index contributed by atoms with van der Waals surface area (Å²) < 4.78 is 53.5. The molecule has 0 saturated heterocycles. The van der Waals surface area contributed by atoms with Gasteiger partial charge in [0.25, 0.3) is 0 Å². The number of rotatable bonds is 3. The molecule has 88 valence electrons. The van der Waals surface area contributed by atoms with E-state index in [9.17, 15) is 4.79 Å². The summed E-state index contributed by atoms with van der Waals surface area (Å²) in [7, 11) is 0. The fourth-order valence-corrected chi connectivity index (χ4v) is 1.23. The monoisotopic (exact) mass is 246 g/mol. The zero-order valence-electron chi connectivity index (χ0n) is 16.4. The first-order chi connectivity index (χ1) is 10.2. The molecule has 0 bridgehead atoms. The molecular formula is C13H18ClNO. The SMILES string of the molecule is [2H]c1c([2H])c(Cl)c([2H])c(C(=O)C(NC(C)(C)C)C([2H])([2H])[2H])c1[2H]. The summed E-state index contributed by atoms with van der Waals surface area (Å²) in [5.74, 6) is -1.01. The molecule has 0 spiro atoms. The minimum absolute atomic E-state index is 0.450. The Morgan fingerprint density at radius 2 is 2.25 bits per heavy atom. The summed E-state index contributed by atoms with van der Waals surface area (Å²) in [5.41, 5.74) is -1.27. The van der Waals surface area contributed by atoms with Crippen LogP contribution >= 0.6 is 11.6 Å². The van der Waals surface area contributed by atoms with E-state index < -0.39 is 59.0 Å². The van der Waals surface area contributed by atoms with Crippen LogP contribution in [0.1, 0.15) is 47.6 Å². The highest BCUT2D eigenvalue weighted by Crippen LogP contribution is 2.13. The van der Waals surface area contributed by atoms with E-state index in [1.165, 1.54) is 0 Å². The van der Waals surface area contributed by atoms with E-state index in [0.29, 0.717) is 0 Å². The largest absolute Gasteiger partial charge is 0.303 e. The van der Waals surface area contributed by atoms with E-state index in [1.807, 2.05) is 0 Å². The van der Waals surface area contributed by atoms with Gasteiger partial charge in [0.15, 0.2) is 5.78 Å².